The Labute approximate surface area is 88.1 Å². The molecule has 1 atom stereocenters. The van der Waals surface area contributed by atoms with E-state index >= 15 is 0 Å². The fourth-order valence-corrected chi connectivity index (χ4v) is 1.21. The molecule has 0 aliphatic carbocycles. The zero-order chi connectivity index (χ0) is 11.4. The average molecular weight is 210 g/mol. The number of aromatic nitrogens is 2. The van der Waals surface area contributed by atoms with Gasteiger partial charge in [0.1, 0.15) is 0 Å². The molecular weight excluding hydrogens is 196 g/mol. The second-order valence-corrected chi connectivity index (χ2v) is 3.19. The Kier molecular flexibility index (Phi) is 3.60. The summed E-state index contributed by atoms with van der Waals surface area (Å²) >= 11 is 0. The summed E-state index contributed by atoms with van der Waals surface area (Å²) in [6.45, 7) is 5.69. The molecule has 5 heteroatoms. The number of hydrogen-bond acceptors (Lipinski definition) is 4. The third-order valence-electron chi connectivity index (χ3n) is 2.11. The molecule has 0 aliphatic rings. The van der Waals surface area contributed by atoms with Crippen molar-refractivity contribution in [2.24, 2.45) is 0 Å². The molecule has 5 nitrogen and oxygen atoms in total. The van der Waals surface area contributed by atoms with Crippen LogP contribution in [0.5, 0.6) is 6.01 Å². The predicted molar refractivity (Wildman–Crippen MR) is 54.0 cm³/mol. The summed E-state index contributed by atoms with van der Waals surface area (Å²) < 4.78 is 5.11. The van der Waals surface area contributed by atoms with E-state index in [0.29, 0.717) is 17.9 Å². The van der Waals surface area contributed by atoms with Gasteiger partial charge < -0.3 is 9.84 Å². The largest absolute Gasteiger partial charge is 0.481 e. The van der Waals surface area contributed by atoms with E-state index in [-0.39, 0.29) is 6.01 Å². The highest BCUT2D eigenvalue weighted by atomic mass is 16.5. The number of aliphatic carboxylic acids is 1. The van der Waals surface area contributed by atoms with Crippen LogP contribution in [-0.4, -0.2) is 27.7 Å². The summed E-state index contributed by atoms with van der Waals surface area (Å²) in [7, 11) is 0. The summed E-state index contributed by atoms with van der Waals surface area (Å²) in [5.41, 5.74) is 1.26. The molecule has 0 aliphatic heterocycles. The molecule has 1 rings (SSSR count). The summed E-state index contributed by atoms with van der Waals surface area (Å²) in [4.78, 5) is 18.8. The lowest BCUT2D eigenvalue weighted by Crippen LogP contribution is -2.11. The van der Waals surface area contributed by atoms with Crippen molar-refractivity contribution >= 4 is 5.97 Å². The van der Waals surface area contributed by atoms with E-state index in [4.69, 9.17) is 9.84 Å². The normalized spacial score (nSPS) is 12.2. The Morgan fingerprint density at radius 2 is 2.33 bits per heavy atom. The predicted octanol–water partition coefficient (Wildman–Crippen LogP) is 1.37. The van der Waals surface area contributed by atoms with Crippen molar-refractivity contribution in [1.29, 1.82) is 0 Å². The fourth-order valence-electron chi connectivity index (χ4n) is 1.21. The monoisotopic (exact) mass is 210 g/mol. The van der Waals surface area contributed by atoms with Crippen molar-refractivity contribution in [1.82, 2.24) is 9.97 Å². The van der Waals surface area contributed by atoms with Gasteiger partial charge >= 0.3 is 12.0 Å². The molecule has 0 saturated carbocycles. The van der Waals surface area contributed by atoms with Gasteiger partial charge in [-0.05, 0) is 20.8 Å². The summed E-state index contributed by atoms with van der Waals surface area (Å²) in [5.74, 6) is -1.48. The number of carbonyl (C=O) groups is 1. The van der Waals surface area contributed by atoms with Crippen LogP contribution in [0.1, 0.15) is 31.0 Å². The van der Waals surface area contributed by atoms with Gasteiger partial charge in [0.15, 0.2) is 0 Å². The molecule has 0 aromatic carbocycles. The van der Waals surface area contributed by atoms with Crippen molar-refractivity contribution in [3.05, 3.63) is 17.5 Å². The minimum atomic E-state index is -0.883. The van der Waals surface area contributed by atoms with Crippen LogP contribution in [0.4, 0.5) is 0 Å². The number of ether oxygens (including phenoxy) is 1. The minimum absolute atomic E-state index is 0.288. The second-order valence-electron chi connectivity index (χ2n) is 3.19. The Morgan fingerprint density at radius 1 is 1.67 bits per heavy atom. The molecule has 1 N–H and O–H groups in total. The lowest BCUT2D eigenvalue weighted by atomic mass is 10.0. The molecule has 15 heavy (non-hydrogen) atoms. The molecule has 0 radical (unpaired) electrons. The van der Waals surface area contributed by atoms with Crippen LogP contribution in [0.2, 0.25) is 0 Å². The van der Waals surface area contributed by atoms with Crippen LogP contribution in [0.3, 0.4) is 0 Å². The van der Waals surface area contributed by atoms with Crippen molar-refractivity contribution in [2.75, 3.05) is 6.61 Å². The number of aryl methyl sites for hydroxylation is 1. The third-order valence-corrected chi connectivity index (χ3v) is 2.11. The summed E-state index contributed by atoms with van der Waals surface area (Å²) in [5, 5.41) is 8.85. The molecule has 1 heterocycles. The van der Waals surface area contributed by atoms with E-state index < -0.39 is 11.9 Å². The Morgan fingerprint density at radius 3 is 2.80 bits per heavy atom. The van der Waals surface area contributed by atoms with Gasteiger partial charge in [-0.15, -0.1) is 0 Å². The van der Waals surface area contributed by atoms with E-state index in [1.165, 1.54) is 6.20 Å². The van der Waals surface area contributed by atoms with Crippen LogP contribution in [0.15, 0.2) is 6.20 Å². The molecular formula is C10H14N2O3. The van der Waals surface area contributed by atoms with Gasteiger partial charge in [-0.1, -0.05) is 0 Å². The van der Waals surface area contributed by atoms with Crippen molar-refractivity contribution in [3.8, 4) is 6.01 Å². The van der Waals surface area contributed by atoms with Crippen LogP contribution in [-0.2, 0) is 4.79 Å². The Balaban J connectivity index is 2.97. The van der Waals surface area contributed by atoms with Crippen LogP contribution < -0.4 is 4.74 Å². The van der Waals surface area contributed by atoms with Gasteiger partial charge in [0.2, 0.25) is 0 Å². The maximum Gasteiger partial charge on any atom is 0.316 e. The zero-order valence-corrected chi connectivity index (χ0v) is 9.02. The highest BCUT2D eigenvalue weighted by Gasteiger charge is 2.17. The number of carboxylic acid groups (broad SMARTS) is 1. The highest BCUT2D eigenvalue weighted by Crippen LogP contribution is 2.18. The Hall–Kier alpha value is -1.65. The molecule has 1 aromatic rings. The lowest BCUT2D eigenvalue weighted by molar-refractivity contribution is -0.138. The van der Waals surface area contributed by atoms with E-state index in [1.54, 1.807) is 13.8 Å². The Bertz CT molecular complexity index is 366. The van der Waals surface area contributed by atoms with E-state index in [1.807, 2.05) is 6.92 Å². The number of nitrogens with zero attached hydrogens (tertiary/aromatic N) is 2. The van der Waals surface area contributed by atoms with Crippen LogP contribution in [0.25, 0.3) is 0 Å². The van der Waals surface area contributed by atoms with Crippen LogP contribution >= 0.6 is 0 Å². The van der Waals surface area contributed by atoms with Crippen molar-refractivity contribution < 1.29 is 14.6 Å². The first kappa shape index (κ1) is 11.4. The van der Waals surface area contributed by atoms with Gasteiger partial charge in [0, 0.05) is 17.5 Å². The quantitative estimate of drug-likeness (QED) is 0.812. The molecule has 1 aromatic heterocycles. The smallest absolute Gasteiger partial charge is 0.316 e. The van der Waals surface area contributed by atoms with Gasteiger partial charge in [0.25, 0.3) is 0 Å². The minimum Gasteiger partial charge on any atom is -0.481 e. The maximum atomic E-state index is 10.8. The molecule has 0 saturated heterocycles. The van der Waals surface area contributed by atoms with Gasteiger partial charge in [-0.3, -0.25) is 4.79 Å². The van der Waals surface area contributed by atoms with Crippen molar-refractivity contribution in [2.45, 2.75) is 26.7 Å². The van der Waals surface area contributed by atoms with E-state index in [2.05, 4.69) is 9.97 Å². The molecule has 82 valence electrons. The van der Waals surface area contributed by atoms with Gasteiger partial charge in [-0.2, -0.15) is 0 Å². The molecule has 0 spiro atoms. The fraction of sp³-hybridized carbons (Fsp3) is 0.500. The standard InChI is InChI=1S/C10H14N2O3/c1-4-15-10-11-5-8(7(3)12-10)6(2)9(13)14/h5-6H,4H2,1-3H3,(H,13,14). The zero-order valence-electron chi connectivity index (χ0n) is 9.02. The molecule has 0 bridgehead atoms. The highest BCUT2D eigenvalue weighted by molar-refractivity contribution is 5.75. The number of rotatable bonds is 4. The third kappa shape index (κ3) is 2.65. The summed E-state index contributed by atoms with van der Waals surface area (Å²) in [6, 6.07) is 0.288. The maximum absolute atomic E-state index is 10.8. The number of carboxylic acids is 1. The molecule has 0 amide bonds. The SMILES string of the molecule is CCOc1ncc(C(C)C(=O)O)c(C)n1. The first-order valence-electron chi connectivity index (χ1n) is 4.75. The second kappa shape index (κ2) is 4.72. The van der Waals surface area contributed by atoms with Crippen LogP contribution in [0, 0.1) is 6.92 Å². The van der Waals surface area contributed by atoms with Gasteiger partial charge in [-0.25, -0.2) is 9.97 Å². The first-order valence-corrected chi connectivity index (χ1v) is 4.75. The van der Waals surface area contributed by atoms with E-state index in [0.717, 1.165) is 0 Å². The van der Waals surface area contributed by atoms with Crippen molar-refractivity contribution in [3.63, 3.8) is 0 Å². The number of hydrogen-bond donors (Lipinski definition) is 1. The summed E-state index contributed by atoms with van der Waals surface area (Å²) in [6.07, 6.45) is 1.51. The lowest BCUT2D eigenvalue weighted by Gasteiger charge is -2.09. The first-order chi connectivity index (χ1) is 7.06. The van der Waals surface area contributed by atoms with E-state index in [9.17, 15) is 4.79 Å². The molecule has 1 unspecified atom stereocenters. The van der Waals surface area contributed by atoms with Gasteiger partial charge in [0.05, 0.1) is 12.5 Å². The molecule has 0 fully saturated rings. The topological polar surface area (TPSA) is 72.3 Å². The average Bonchev–Trinajstić information content (AvgIpc) is 2.17.